The van der Waals surface area contributed by atoms with E-state index in [9.17, 15) is 0 Å². The van der Waals surface area contributed by atoms with Crippen molar-refractivity contribution in [3.8, 4) is 34.1 Å². The lowest BCUT2D eigenvalue weighted by Gasteiger charge is -2.09. The first-order chi connectivity index (χ1) is 15.6. The first-order valence-electron chi connectivity index (χ1n) is 10.1. The molecule has 0 bridgehead atoms. The lowest BCUT2D eigenvalue weighted by molar-refractivity contribution is 0.186. The Hall–Kier alpha value is -4.00. The molecule has 0 radical (unpaired) electrons. The number of hydrogen-bond donors (Lipinski definition) is 4. The van der Waals surface area contributed by atoms with Gasteiger partial charge in [0.1, 0.15) is 23.0 Å². The number of hydrogen-bond acceptors (Lipinski definition) is 6. The zero-order chi connectivity index (χ0) is 22.8. The minimum absolute atomic E-state index is 0.125. The Bertz CT molecular complexity index is 988. The van der Waals surface area contributed by atoms with Crippen LogP contribution in [0.5, 0.6) is 23.0 Å². The third-order valence-corrected chi connectivity index (χ3v) is 4.37. The van der Waals surface area contributed by atoms with E-state index in [0.717, 1.165) is 34.1 Å². The van der Waals surface area contributed by atoms with Crippen molar-refractivity contribution in [2.75, 3.05) is 24.7 Å². The molecule has 0 fully saturated rings. The summed E-state index contributed by atoms with van der Waals surface area (Å²) < 4.78 is 11.7. The van der Waals surface area contributed by atoms with E-state index in [2.05, 4.69) is 0 Å². The fourth-order valence-electron chi connectivity index (χ4n) is 2.77. The van der Waals surface area contributed by atoms with Crippen LogP contribution in [0, 0.1) is 0 Å². The number of aliphatic hydroxyl groups is 2. The van der Waals surface area contributed by atoms with E-state index in [1.54, 1.807) is 0 Å². The maximum atomic E-state index is 7.62. The highest BCUT2D eigenvalue weighted by atomic mass is 16.5. The van der Waals surface area contributed by atoms with Gasteiger partial charge < -0.3 is 31.2 Å². The predicted octanol–water partition coefficient (Wildman–Crippen LogP) is 5.07. The van der Waals surface area contributed by atoms with Crippen molar-refractivity contribution in [2.24, 2.45) is 0 Å². The summed E-state index contributed by atoms with van der Waals surface area (Å²) in [6.45, 7) is -0.250. The van der Waals surface area contributed by atoms with Crippen LogP contribution in [0.4, 0.5) is 11.4 Å². The van der Waals surface area contributed by atoms with E-state index in [1.165, 1.54) is 0 Å². The summed E-state index contributed by atoms with van der Waals surface area (Å²) in [7, 11) is 0. The van der Waals surface area contributed by atoms with E-state index in [-0.39, 0.29) is 13.2 Å². The lowest BCUT2D eigenvalue weighted by Crippen LogP contribution is -1.87. The van der Waals surface area contributed by atoms with Crippen molar-refractivity contribution in [1.82, 2.24) is 0 Å². The third-order valence-electron chi connectivity index (χ3n) is 4.37. The van der Waals surface area contributed by atoms with E-state index in [0.29, 0.717) is 11.4 Å². The van der Waals surface area contributed by atoms with Crippen LogP contribution in [0.1, 0.15) is 0 Å². The number of rotatable bonds is 6. The van der Waals surface area contributed by atoms with Gasteiger partial charge in [0.2, 0.25) is 0 Å². The minimum atomic E-state index is -0.125. The summed E-state index contributed by atoms with van der Waals surface area (Å²) in [6, 6.07) is 30.6. The molecular formula is C26H26N2O4. The molecule has 4 aromatic rings. The van der Waals surface area contributed by atoms with Gasteiger partial charge in [-0.2, -0.15) is 0 Å². The second-order valence-corrected chi connectivity index (χ2v) is 6.84. The van der Waals surface area contributed by atoms with Crippen molar-refractivity contribution >= 4 is 11.4 Å². The highest BCUT2D eigenvalue weighted by Crippen LogP contribution is 2.29. The van der Waals surface area contributed by atoms with Crippen LogP contribution < -0.4 is 20.9 Å². The lowest BCUT2D eigenvalue weighted by atomic mass is 10.1. The first kappa shape index (κ1) is 22.7. The molecule has 6 nitrogen and oxygen atoms in total. The Morgan fingerprint density at radius 3 is 0.938 bits per heavy atom. The van der Waals surface area contributed by atoms with E-state index in [1.807, 2.05) is 97.1 Å². The van der Waals surface area contributed by atoms with E-state index < -0.39 is 0 Å². The molecule has 0 saturated carbocycles. The summed E-state index contributed by atoms with van der Waals surface area (Å²) in [5.41, 5.74) is 15.0. The van der Waals surface area contributed by atoms with Gasteiger partial charge in [0.15, 0.2) is 0 Å². The highest BCUT2D eigenvalue weighted by Gasteiger charge is 2.02. The van der Waals surface area contributed by atoms with E-state index >= 15 is 0 Å². The summed E-state index contributed by atoms with van der Waals surface area (Å²) >= 11 is 0. The van der Waals surface area contributed by atoms with Gasteiger partial charge in [-0.25, -0.2) is 0 Å². The summed E-state index contributed by atoms with van der Waals surface area (Å²) in [5, 5.41) is 15.2. The zero-order valence-electron chi connectivity index (χ0n) is 17.5. The van der Waals surface area contributed by atoms with Crippen LogP contribution in [0.25, 0.3) is 11.1 Å². The molecule has 4 rings (SSSR count). The molecule has 0 aliphatic rings. The minimum Gasteiger partial charge on any atom is -0.457 e. The van der Waals surface area contributed by atoms with Crippen LogP contribution in [0.15, 0.2) is 97.1 Å². The van der Waals surface area contributed by atoms with Gasteiger partial charge in [-0.1, -0.05) is 24.3 Å². The highest BCUT2D eigenvalue weighted by molar-refractivity contribution is 5.65. The molecule has 6 heteroatoms. The first-order valence-corrected chi connectivity index (χ1v) is 10.1. The smallest absolute Gasteiger partial charge is 0.127 e. The van der Waals surface area contributed by atoms with Crippen molar-refractivity contribution in [1.29, 1.82) is 0 Å². The fraction of sp³-hybridized carbons (Fsp3) is 0.0769. The fourth-order valence-corrected chi connectivity index (χ4v) is 2.77. The van der Waals surface area contributed by atoms with Gasteiger partial charge in [-0.3, -0.25) is 0 Å². The summed E-state index contributed by atoms with van der Waals surface area (Å²) in [5.74, 6) is 3.06. The predicted molar refractivity (Wildman–Crippen MR) is 128 cm³/mol. The van der Waals surface area contributed by atoms with Gasteiger partial charge in [-0.15, -0.1) is 0 Å². The molecule has 0 unspecified atom stereocenters. The molecule has 0 spiro atoms. The van der Waals surface area contributed by atoms with Crippen molar-refractivity contribution in [3.63, 3.8) is 0 Å². The molecule has 0 aliphatic carbocycles. The molecule has 0 heterocycles. The molecule has 4 aromatic carbocycles. The normalized spacial score (nSPS) is 10.1. The number of aliphatic hydroxyl groups excluding tert-OH is 2. The number of anilines is 2. The summed E-state index contributed by atoms with van der Waals surface area (Å²) in [6.07, 6.45) is 0. The Morgan fingerprint density at radius 1 is 0.438 bits per heavy atom. The second-order valence-electron chi connectivity index (χ2n) is 6.84. The monoisotopic (exact) mass is 430 g/mol. The molecule has 164 valence electrons. The number of nitrogens with two attached hydrogens (primary N) is 2. The SMILES string of the molecule is Nc1ccc(Oc2ccc(-c3ccc(Oc4ccc(N)cc4)cc3)cc2)cc1.OCCO. The van der Waals surface area contributed by atoms with Crippen LogP contribution in [0.3, 0.4) is 0 Å². The number of ether oxygens (including phenoxy) is 2. The van der Waals surface area contributed by atoms with Crippen molar-refractivity contribution < 1.29 is 19.7 Å². The molecule has 0 atom stereocenters. The standard InChI is InChI=1S/C24H20N2O2.C2H6O2/c25-19-5-13-23(14-6-19)27-21-9-1-17(2-10-21)18-3-11-22(12-4-18)28-24-15-7-20(26)8-16-24;3-1-2-4/h1-16H,25-26H2;3-4H,1-2H2. The van der Waals surface area contributed by atoms with Crippen molar-refractivity contribution in [2.45, 2.75) is 0 Å². The van der Waals surface area contributed by atoms with Gasteiger partial charge in [0, 0.05) is 11.4 Å². The Kier molecular flexibility index (Phi) is 8.09. The number of benzene rings is 4. The maximum Gasteiger partial charge on any atom is 0.127 e. The quantitative estimate of drug-likeness (QED) is 0.318. The van der Waals surface area contributed by atoms with Crippen molar-refractivity contribution in [3.05, 3.63) is 97.1 Å². The van der Waals surface area contributed by atoms with Gasteiger partial charge in [0.05, 0.1) is 13.2 Å². The summed E-state index contributed by atoms with van der Waals surface area (Å²) in [4.78, 5) is 0. The van der Waals surface area contributed by atoms with Crippen LogP contribution in [0.2, 0.25) is 0 Å². The molecular weight excluding hydrogens is 404 g/mol. The molecule has 32 heavy (non-hydrogen) atoms. The average Bonchev–Trinajstić information content (AvgIpc) is 2.83. The Balaban J connectivity index is 0.000000668. The van der Waals surface area contributed by atoms with E-state index in [4.69, 9.17) is 31.2 Å². The van der Waals surface area contributed by atoms with Gasteiger partial charge in [-0.05, 0) is 83.9 Å². The molecule has 0 amide bonds. The second kappa shape index (κ2) is 11.4. The van der Waals surface area contributed by atoms with Gasteiger partial charge in [0.25, 0.3) is 0 Å². The maximum absolute atomic E-state index is 7.62. The molecule has 6 N–H and O–H groups in total. The molecule has 0 aromatic heterocycles. The Labute approximate surface area is 187 Å². The topological polar surface area (TPSA) is 111 Å². The molecule has 0 saturated heterocycles. The number of nitrogen functional groups attached to an aromatic ring is 2. The average molecular weight is 431 g/mol. The zero-order valence-corrected chi connectivity index (χ0v) is 17.5. The van der Waals surface area contributed by atoms with Crippen LogP contribution >= 0.6 is 0 Å². The largest absolute Gasteiger partial charge is 0.457 e. The van der Waals surface area contributed by atoms with Crippen LogP contribution in [-0.2, 0) is 0 Å². The van der Waals surface area contributed by atoms with Gasteiger partial charge >= 0.3 is 0 Å². The third kappa shape index (κ3) is 6.77. The van der Waals surface area contributed by atoms with Crippen LogP contribution in [-0.4, -0.2) is 23.4 Å². The Morgan fingerprint density at radius 2 is 0.688 bits per heavy atom. The molecule has 0 aliphatic heterocycles.